The average Bonchev–Trinajstić information content (AvgIpc) is 3.56. The van der Waals surface area contributed by atoms with Crippen LogP contribution < -0.4 is 10.6 Å². The predicted octanol–water partition coefficient (Wildman–Crippen LogP) is 5.60. The molecule has 0 aliphatic carbocycles. The molecule has 0 bridgehead atoms. The SMILES string of the molecule is Cc1nnc2sc(-c3ccccc3NC(=S)NC(=O)/C=C/c3ccc(-c4ccc(Cl)cc4)o3)nn12. The van der Waals surface area contributed by atoms with Crippen molar-refractivity contribution in [1.82, 2.24) is 25.1 Å². The van der Waals surface area contributed by atoms with Gasteiger partial charge in [-0.15, -0.1) is 10.2 Å². The number of aryl methyl sites for hydroxylation is 1. The maximum atomic E-state index is 12.4. The maximum absolute atomic E-state index is 12.4. The fourth-order valence-electron chi connectivity index (χ4n) is 3.28. The van der Waals surface area contributed by atoms with Gasteiger partial charge in [0.2, 0.25) is 10.9 Å². The normalized spacial score (nSPS) is 11.3. The van der Waals surface area contributed by atoms with Gasteiger partial charge >= 0.3 is 0 Å². The van der Waals surface area contributed by atoms with Crippen LogP contribution in [0.3, 0.4) is 0 Å². The lowest BCUT2D eigenvalue weighted by atomic mass is 10.2. The number of nitrogens with zero attached hydrogens (tertiary/aromatic N) is 4. The van der Waals surface area contributed by atoms with E-state index in [2.05, 4.69) is 25.9 Å². The first kappa shape index (κ1) is 22.9. The molecule has 0 atom stereocenters. The zero-order valence-corrected chi connectivity index (χ0v) is 20.6. The number of amides is 1. The number of anilines is 1. The van der Waals surface area contributed by atoms with Crippen molar-refractivity contribution < 1.29 is 9.21 Å². The van der Waals surface area contributed by atoms with Crippen molar-refractivity contribution in [3.8, 4) is 21.9 Å². The number of hydrogen-bond acceptors (Lipinski definition) is 7. The summed E-state index contributed by atoms with van der Waals surface area (Å²) in [4.78, 5) is 13.1. The van der Waals surface area contributed by atoms with Gasteiger partial charge in [0, 0.05) is 22.2 Å². The number of benzene rings is 2. The highest BCUT2D eigenvalue weighted by atomic mass is 35.5. The molecule has 0 saturated carbocycles. The van der Waals surface area contributed by atoms with Crippen molar-refractivity contribution in [3.63, 3.8) is 0 Å². The van der Waals surface area contributed by atoms with Crippen LogP contribution in [0.4, 0.5) is 5.69 Å². The quantitative estimate of drug-likeness (QED) is 0.230. The molecule has 35 heavy (non-hydrogen) atoms. The second-order valence-electron chi connectivity index (χ2n) is 7.38. The number of aromatic nitrogens is 4. The number of carbonyl (C=O) groups excluding carboxylic acids is 1. The molecule has 0 saturated heterocycles. The first-order valence-electron chi connectivity index (χ1n) is 10.4. The molecule has 0 aliphatic rings. The first-order valence-corrected chi connectivity index (χ1v) is 12.0. The molecule has 11 heteroatoms. The highest BCUT2D eigenvalue weighted by Gasteiger charge is 2.14. The standard InChI is InChI=1S/C24H17ClN6O2S2/c1-14-28-29-24-31(14)30-22(35-24)18-4-2-3-5-19(18)26-23(34)27-21(32)13-11-17-10-12-20(33-17)15-6-8-16(25)9-7-15/h2-13H,1H3,(H2,26,27,32,34)/b13-11+. The molecule has 2 N–H and O–H groups in total. The van der Waals surface area contributed by atoms with Crippen LogP contribution in [0.5, 0.6) is 0 Å². The summed E-state index contributed by atoms with van der Waals surface area (Å²) in [7, 11) is 0. The Morgan fingerprint density at radius 2 is 1.91 bits per heavy atom. The summed E-state index contributed by atoms with van der Waals surface area (Å²) in [5, 5.41) is 20.0. The molecule has 0 aliphatic heterocycles. The van der Waals surface area contributed by atoms with Crippen LogP contribution in [0.15, 0.2) is 71.2 Å². The van der Waals surface area contributed by atoms with E-state index in [0.717, 1.165) is 16.1 Å². The highest BCUT2D eigenvalue weighted by Crippen LogP contribution is 2.31. The maximum Gasteiger partial charge on any atom is 0.250 e. The number of rotatable bonds is 5. The molecule has 3 heterocycles. The molecule has 0 unspecified atom stereocenters. The lowest BCUT2D eigenvalue weighted by Crippen LogP contribution is -2.32. The zero-order valence-electron chi connectivity index (χ0n) is 18.2. The third-order valence-electron chi connectivity index (χ3n) is 4.94. The van der Waals surface area contributed by atoms with Crippen molar-refractivity contribution in [2.24, 2.45) is 0 Å². The first-order chi connectivity index (χ1) is 17.0. The van der Waals surface area contributed by atoms with Crippen molar-refractivity contribution in [2.75, 3.05) is 5.32 Å². The Kier molecular flexibility index (Phi) is 6.41. The summed E-state index contributed by atoms with van der Waals surface area (Å²) < 4.78 is 7.47. The minimum absolute atomic E-state index is 0.160. The van der Waals surface area contributed by atoms with E-state index >= 15 is 0 Å². The van der Waals surface area contributed by atoms with Crippen LogP contribution in [0.2, 0.25) is 5.02 Å². The van der Waals surface area contributed by atoms with E-state index in [-0.39, 0.29) is 11.0 Å². The zero-order chi connectivity index (χ0) is 24.4. The fraction of sp³-hybridized carbons (Fsp3) is 0.0417. The number of carbonyl (C=O) groups is 1. The molecule has 2 aromatic carbocycles. The van der Waals surface area contributed by atoms with E-state index in [4.69, 9.17) is 28.2 Å². The van der Waals surface area contributed by atoms with Gasteiger partial charge in [-0.3, -0.25) is 10.1 Å². The highest BCUT2D eigenvalue weighted by molar-refractivity contribution is 7.80. The Labute approximate surface area is 214 Å². The van der Waals surface area contributed by atoms with Crippen molar-refractivity contribution in [1.29, 1.82) is 0 Å². The van der Waals surface area contributed by atoms with Gasteiger partial charge in [0.15, 0.2) is 10.9 Å². The van der Waals surface area contributed by atoms with Crippen molar-refractivity contribution >= 4 is 62.9 Å². The summed E-state index contributed by atoms with van der Waals surface area (Å²) in [5.41, 5.74) is 2.44. The van der Waals surface area contributed by atoms with E-state index in [1.165, 1.54) is 17.4 Å². The number of fused-ring (bicyclic) bond motifs is 1. The largest absolute Gasteiger partial charge is 0.457 e. The van der Waals surface area contributed by atoms with Gasteiger partial charge in [0.1, 0.15) is 16.5 Å². The van der Waals surface area contributed by atoms with Gasteiger partial charge in [-0.1, -0.05) is 35.1 Å². The molecular weight excluding hydrogens is 504 g/mol. The van der Waals surface area contributed by atoms with Gasteiger partial charge in [-0.25, -0.2) is 0 Å². The molecule has 5 aromatic rings. The summed E-state index contributed by atoms with van der Waals surface area (Å²) in [6.07, 6.45) is 2.93. The van der Waals surface area contributed by atoms with Gasteiger partial charge in [-0.05, 0) is 73.7 Å². The second kappa shape index (κ2) is 9.79. The molecular formula is C24H17ClN6O2S2. The number of thiocarbonyl (C=S) groups is 1. The third-order valence-corrected chi connectivity index (χ3v) is 6.33. The van der Waals surface area contributed by atoms with Gasteiger partial charge in [0.25, 0.3) is 0 Å². The van der Waals surface area contributed by atoms with E-state index in [1.54, 1.807) is 28.8 Å². The third kappa shape index (κ3) is 5.14. The molecule has 8 nitrogen and oxygen atoms in total. The molecule has 3 aromatic heterocycles. The summed E-state index contributed by atoms with van der Waals surface area (Å²) >= 11 is 12.7. The van der Waals surface area contributed by atoms with E-state index in [9.17, 15) is 4.79 Å². The van der Waals surface area contributed by atoms with Crippen molar-refractivity contribution in [3.05, 3.63) is 83.3 Å². The van der Waals surface area contributed by atoms with Crippen LogP contribution >= 0.6 is 35.2 Å². The van der Waals surface area contributed by atoms with Crippen LogP contribution in [-0.4, -0.2) is 30.8 Å². The summed E-state index contributed by atoms with van der Waals surface area (Å²) in [6.45, 7) is 1.84. The Balaban J connectivity index is 1.23. The number of halogens is 1. The van der Waals surface area contributed by atoms with E-state index in [0.29, 0.717) is 33.0 Å². The lowest BCUT2D eigenvalue weighted by Gasteiger charge is -2.11. The van der Waals surface area contributed by atoms with E-state index in [1.807, 2.05) is 49.4 Å². The van der Waals surface area contributed by atoms with Crippen molar-refractivity contribution in [2.45, 2.75) is 6.92 Å². The topological polar surface area (TPSA) is 97.3 Å². The van der Waals surface area contributed by atoms with E-state index < -0.39 is 0 Å². The summed E-state index contributed by atoms with van der Waals surface area (Å²) in [6, 6.07) is 18.5. The second-order valence-corrected chi connectivity index (χ2v) is 9.18. The minimum Gasteiger partial charge on any atom is -0.457 e. The van der Waals surface area contributed by atoms with Crippen LogP contribution in [-0.2, 0) is 4.79 Å². The number of para-hydroxylation sites is 1. The number of nitrogens with one attached hydrogen (secondary N) is 2. The Morgan fingerprint density at radius 1 is 1.11 bits per heavy atom. The lowest BCUT2D eigenvalue weighted by molar-refractivity contribution is -0.115. The Morgan fingerprint density at radius 3 is 2.71 bits per heavy atom. The predicted molar refractivity (Wildman–Crippen MR) is 141 cm³/mol. The smallest absolute Gasteiger partial charge is 0.250 e. The molecule has 174 valence electrons. The number of furan rings is 1. The molecule has 0 fully saturated rings. The van der Waals surface area contributed by atoms with Gasteiger partial charge in [-0.2, -0.15) is 9.61 Å². The minimum atomic E-state index is -0.390. The van der Waals surface area contributed by atoms with Crippen LogP contribution in [0.25, 0.3) is 32.9 Å². The monoisotopic (exact) mass is 520 g/mol. The molecule has 0 spiro atoms. The Bertz CT molecular complexity index is 1570. The summed E-state index contributed by atoms with van der Waals surface area (Å²) in [5.74, 6) is 1.53. The molecule has 1 amide bonds. The number of hydrogen-bond donors (Lipinski definition) is 2. The van der Waals surface area contributed by atoms with Crippen LogP contribution in [0, 0.1) is 6.92 Å². The van der Waals surface area contributed by atoms with Gasteiger partial charge < -0.3 is 9.73 Å². The van der Waals surface area contributed by atoms with Crippen LogP contribution in [0.1, 0.15) is 11.6 Å². The van der Waals surface area contributed by atoms with Gasteiger partial charge in [0.05, 0.1) is 5.69 Å². The average molecular weight is 521 g/mol. The Hall–Kier alpha value is -3.86. The fourth-order valence-corrected chi connectivity index (χ4v) is 4.54. The molecule has 0 radical (unpaired) electrons. The molecule has 5 rings (SSSR count).